The van der Waals surface area contributed by atoms with Crippen molar-refractivity contribution < 1.29 is 9.47 Å². The number of benzene rings is 2. The van der Waals surface area contributed by atoms with Crippen molar-refractivity contribution >= 4 is 27.5 Å². The zero-order chi connectivity index (χ0) is 14.8. The summed E-state index contributed by atoms with van der Waals surface area (Å²) in [7, 11) is 0. The van der Waals surface area contributed by atoms with Gasteiger partial charge in [0, 0.05) is 17.6 Å². The van der Waals surface area contributed by atoms with Gasteiger partial charge in [-0.05, 0) is 58.2 Å². The topological polar surface area (TPSA) is 30.5 Å². The molecule has 0 saturated heterocycles. The van der Waals surface area contributed by atoms with Crippen LogP contribution < -0.4 is 14.8 Å². The molecule has 0 amide bonds. The van der Waals surface area contributed by atoms with Gasteiger partial charge >= 0.3 is 0 Å². The summed E-state index contributed by atoms with van der Waals surface area (Å²) in [6.45, 7) is 3.14. The summed E-state index contributed by atoms with van der Waals surface area (Å²) < 4.78 is 11.7. The molecule has 1 N–H and O–H groups in total. The molecule has 0 aromatic heterocycles. The zero-order valence-corrected chi connectivity index (χ0v) is 13.9. The third-order valence-corrected chi connectivity index (χ3v) is 4.27. The molecule has 1 aliphatic rings. The van der Waals surface area contributed by atoms with Crippen molar-refractivity contribution in [2.45, 2.75) is 19.5 Å². The maximum atomic E-state index is 6.03. The molecular formula is C16H15BrClNO2. The van der Waals surface area contributed by atoms with E-state index in [0.29, 0.717) is 0 Å². The normalized spacial score (nSPS) is 14.2. The van der Waals surface area contributed by atoms with Crippen LogP contribution in [0, 0.1) is 0 Å². The highest BCUT2D eigenvalue weighted by molar-refractivity contribution is 9.10. The van der Waals surface area contributed by atoms with Crippen molar-refractivity contribution in [1.29, 1.82) is 0 Å². The average Bonchev–Trinajstić information content (AvgIpc) is 2.93. The first-order valence-corrected chi connectivity index (χ1v) is 7.87. The van der Waals surface area contributed by atoms with Crippen molar-refractivity contribution in [3.8, 4) is 11.5 Å². The molecule has 21 heavy (non-hydrogen) atoms. The van der Waals surface area contributed by atoms with Crippen LogP contribution in [0.2, 0.25) is 5.02 Å². The van der Waals surface area contributed by atoms with E-state index in [4.69, 9.17) is 21.1 Å². The lowest BCUT2D eigenvalue weighted by Gasteiger charge is -2.15. The molecule has 1 unspecified atom stereocenters. The van der Waals surface area contributed by atoms with Crippen molar-refractivity contribution in [3.05, 3.63) is 57.0 Å². The molecule has 0 fully saturated rings. The molecule has 1 aliphatic heterocycles. The van der Waals surface area contributed by atoms with Gasteiger partial charge in [0.25, 0.3) is 0 Å². The summed E-state index contributed by atoms with van der Waals surface area (Å²) in [6.07, 6.45) is 0. The first-order valence-electron chi connectivity index (χ1n) is 6.70. The molecule has 0 saturated carbocycles. The molecule has 0 bridgehead atoms. The fraction of sp³-hybridized carbons (Fsp3) is 0.250. The van der Waals surface area contributed by atoms with Crippen LogP contribution >= 0.6 is 27.5 Å². The predicted molar refractivity (Wildman–Crippen MR) is 87.0 cm³/mol. The SMILES string of the molecule is CC(NCc1cc(Br)c2c(c1)OCO2)c1cccc(Cl)c1. The smallest absolute Gasteiger partial charge is 0.231 e. The highest BCUT2D eigenvalue weighted by Gasteiger charge is 2.18. The second kappa shape index (κ2) is 6.26. The fourth-order valence-corrected chi connectivity index (χ4v) is 3.09. The fourth-order valence-electron chi connectivity index (χ4n) is 2.29. The number of ether oxygens (including phenoxy) is 2. The summed E-state index contributed by atoms with van der Waals surface area (Å²) in [4.78, 5) is 0. The van der Waals surface area contributed by atoms with E-state index in [1.54, 1.807) is 0 Å². The van der Waals surface area contributed by atoms with Crippen LogP contribution in [0.15, 0.2) is 40.9 Å². The van der Waals surface area contributed by atoms with E-state index in [1.165, 1.54) is 5.56 Å². The lowest BCUT2D eigenvalue weighted by Crippen LogP contribution is -2.18. The Hall–Kier alpha value is -1.23. The molecule has 2 aromatic carbocycles. The molecule has 3 rings (SSSR count). The number of nitrogens with one attached hydrogen (secondary N) is 1. The molecule has 0 spiro atoms. The van der Waals surface area contributed by atoms with Gasteiger partial charge in [-0.15, -0.1) is 0 Å². The Kier molecular flexibility index (Phi) is 4.38. The van der Waals surface area contributed by atoms with E-state index in [0.717, 1.165) is 33.1 Å². The van der Waals surface area contributed by atoms with Gasteiger partial charge in [0.2, 0.25) is 6.79 Å². The van der Waals surface area contributed by atoms with Crippen LogP contribution in [0.3, 0.4) is 0 Å². The van der Waals surface area contributed by atoms with E-state index in [-0.39, 0.29) is 12.8 Å². The predicted octanol–water partition coefficient (Wildman–Crippen LogP) is 4.68. The number of hydrogen-bond donors (Lipinski definition) is 1. The minimum Gasteiger partial charge on any atom is -0.454 e. The summed E-state index contributed by atoms with van der Waals surface area (Å²) in [5, 5.41) is 4.24. The van der Waals surface area contributed by atoms with E-state index >= 15 is 0 Å². The van der Waals surface area contributed by atoms with E-state index in [2.05, 4.69) is 34.2 Å². The van der Waals surface area contributed by atoms with Crippen molar-refractivity contribution in [2.75, 3.05) is 6.79 Å². The van der Waals surface area contributed by atoms with Crippen LogP contribution in [0.25, 0.3) is 0 Å². The molecule has 110 valence electrons. The van der Waals surface area contributed by atoms with Crippen LogP contribution in [-0.2, 0) is 6.54 Å². The Morgan fingerprint density at radius 2 is 2.14 bits per heavy atom. The van der Waals surface area contributed by atoms with Gasteiger partial charge in [-0.2, -0.15) is 0 Å². The molecule has 1 atom stereocenters. The minimum atomic E-state index is 0.216. The van der Waals surface area contributed by atoms with E-state index in [1.807, 2.05) is 30.3 Å². The van der Waals surface area contributed by atoms with Gasteiger partial charge in [-0.25, -0.2) is 0 Å². The monoisotopic (exact) mass is 367 g/mol. The van der Waals surface area contributed by atoms with Crippen LogP contribution in [-0.4, -0.2) is 6.79 Å². The van der Waals surface area contributed by atoms with Crippen molar-refractivity contribution in [1.82, 2.24) is 5.32 Å². The minimum absolute atomic E-state index is 0.216. The zero-order valence-electron chi connectivity index (χ0n) is 11.5. The summed E-state index contributed by atoms with van der Waals surface area (Å²) in [5.41, 5.74) is 2.31. The van der Waals surface area contributed by atoms with E-state index in [9.17, 15) is 0 Å². The van der Waals surface area contributed by atoms with Crippen molar-refractivity contribution in [2.24, 2.45) is 0 Å². The summed E-state index contributed by atoms with van der Waals surface area (Å²) in [6, 6.07) is 12.2. The lowest BCUT2D eigenvalue weighted by molar-refractivity contribution is 0.173. The Labute approximate surface area is 137 Å². The van der Waals surface area contributed by atoms with Crippen LogP contribution in [0.5, 0.6) is 11.5 Å². The average molecular weight is 369 g/mol. The number of hydrogen-bond acceptors (Lipinski definition) is 3. The summed E-state index contributed by atoms with van der Waals surface area (Å²) >= 11 is 9.54. The van der Waals surface area contributed by atoms with Gasteiger partial charge in [-0.1, -0.05) is 23.7 Å². The maximum absolute atomic E-state index is 6.03. The second-order valence-corrected chi connectivity index (χ2v) is 6.26. The van der Waals surface area contributed by atoms with Crippen molar-refractivity contribution in [3.63, 3.8) is 0 Å². The molecule has 2 aromatic rings. The number of halogens is 2. The van der Waals surface area contributed by atoms with Crippen LogP contribution in [0.4, 0.5) is 0 Å². The standard InChI is InChI=1S/C16H15BrClNO2/c1-10(12-3-2-4-13(18)7-12)19-8-11-5-14(17)16-15(6-11)20-9-21-16/h2-7,10,19H,8-9H2,1H3. The lowest BCUT2D eigenvalue weighted by atomic mass is 10.1. The molecular weight excluding hydrogens is 354 g/mol. The van der Waals surface area contributed by atoms with Gasteiger partial charge in [-0.3, -0.25) is 0 Å². The Balaban J connectivity index is 1.69. The highest BCUT2D eigenvalue weighted by Crippen LogP contribution is 2.40. The van der Waals surface area contributed by atoms with Gasteiger partial charge in [0.1, 0.15) is 0 Å². The third-order valence-electron chi connectivity index (χ3n) is 3.45. The first kappa shape index (κ1) is 14.7. The van der Waals surface area contributed by atoms with Gasteiger partial charge < -0.3 is 14.8 Å². The molecule has 3 nitrogen and oxygen atoms in total. The second-order valence-electron chi connectivity index (χ2n) is 4.97. The number of rotatable bonds is 4. The van der Waals surface area contributed by atoms with Gasteiger partial charge in [0.15, 0.2) is 11.5 Å². The third kappa shape index (κ3) is 3.34. The summed E-state index contributed by atoms with van der Waals surface area (Å²) in [5.74, 6) is 1.57. The molecule has 0 aliphatic carbocycles. The largest absolute Gasteiger partial charge is 0.454 e. The number of fused-ring (bicyclic) bond motifs is 1. The van der Waals surface area contributed by atoms with E-state index < -0.39 is 0 Å². The highest BCUT2D eigenvalue weighted by atomic mass is 79.9. The Bertz CT molecular complexity index is 663. The first-order chi connectivity index (χ1) is 10.1. The Morgan fingerprint density at radius 1 is 1.29 bits per heavy atom. The quantitative estimate of drug-likeness (QED) is 0.850. The van der Waals surface area contributed by atoms with Crippen LogP contribution in [0.1, 0.15) is 24.1 Å². The molecule has 1 heterocycles. The molecule has 0 radical (unpaired) electrons. The Morgan fingerprint density at radius 3 is 2.95 bits per heavy atom. The van der Waals surface area contributed by atoms with Gasteiger partial charge in [0.05, 0.1) is 4.47 Å². The maximum Gasteiger partial charge on any atom is 0.231 e. The molecule has 5 heteroatoms.